The number of rotatable bonds is 5. The summed E-state index contributed by atoms with van der Waals surface area (Å²) in [6, 6.07) is 63.8. The number of nitrogens with zero attached hydrogens (tertiary/aromatic N) is 3. The van der Waals surface area contributed by atoms with Crippen LogP contribution >= 0.6 is 0 Å². The molecule has 2 heterocycles. The van der Waals surface area contributed by atoms with E-state index in [0.29, 0.717) is 29.3 Å². The van der Waals surface area contributed by atoms with Gasteiger partial charge >= 0.3 is 0 Å². The lowest BCUT2D eigenvalue weighted by Gasteiger charge is -2.61. The van der Waals surface area contributed by atoms with Gasteiger partial charge in [0.05, 0.1) is 0 Å². The minimum atomic E-state index is 0.0199. The lowest BCUT2D eigenvalue weighted by atomic mass is 9.43. The third-order valence-electron chi connectivity index (χ3n) is 15.5. The Kier molecular flexibility index (Phi) is 7.54. The zero-order chi connectivity index (χ0) is 41.2. The minimum Gasteiger partial charge on any atom is -0.456 e. The van der Waals surface area contributed by atoms with Crippen molar-refractivity contribution in [2.45, 2.75) is 37.5 Å². The van der Waals surface area contributed by atoms with E-state index in [-0.39, 0.29) is 5.41 Å². The van der Waals surface area contributed by atoms with Gasteiger partial charge in [-0.05, 0) is 141 Å². The van der Waals surface area contributed by atoms with Crippen molar-refractivity contribution in [2.24, 2.45) is 23.7 Å². The van der Waals surface area contributed by atoms with E-state index in [4.69, 9.17) is 19.4 Å². The summed E-state index contributed by atoms with van der Waals surface area (Å²) in [5.74, 6) is 5.05. The van der Waals surface area contributed by atoms with Gasteiger partial charge in [-0.15, -0.1) is 0 Å². The number of hydrogen-bond donors (Lipinski definition) is 0. The number of furan rings is 1. The van der Waals surface area contributed by atoms with Gasteiger partial charge in [-0.3, -0.25) is 0 Å². The Hall–Kier alpha value is -7.17. The first-order valence-electron chi connectivity index (χ1n) is 22.8. The zero-order valence-electron chi connectivity index (χ0n) is 34.8. The van der Waals surface area contributed by atoms with Crippen molar-refractivity contribution in [3.05, 3.63) is 187 Å². The second-order valence-electron chi connectivity index (χ2n) is 18.8. The first kappa shape index (κ1) is 35.4. The Bertz CT molecular complexity index is 3460. The van der Waals surface area contributed by atoms with Crippen LogP contribution in [-0.2, 0) is 5.41 Å². The lowest BCUT2D eigenvalue weighted by molar-refractivity contribution is -0.0399. The van der Waals surface area contributed by atoms with E-state index in [1.807, 2.05) is 18.2 Å². The van der Waals surface area contributed by atoms with Crippen LogP contribution in [0.1, 0.15) is 43.2 Å². The molecule has 1 spiro atoms. The van der Waals surface area contributed by atoms with Gasteiger partial charge in [-0.2, -0.15) is 0 Å². The molecule has 0 amide bonds. The fourth-order valence-corrected chi connectivity index (χ4v) is 13.2. The third-order valence-corrected chi connectivity index (χ3v) is 15.5. The van der Waals surface area contributed by atoms with Gasteiger partial charge in [0.2, 0.25) is 0 Å². The summed E-state index contributed by atoms with van der Waals surface area (Å²) < 4.78 is 6.40. The summed E-state index contributed by atoms with van der Waals surface area (Å²) in [6.45, 7) is 0. The Labute approximate surface area is 366 Å². The molecule has 300 valence electrons. The normalized spacial score (nSPS) is 21.7. The van der Waals surface area contributed by atoms with Crippen LogP contribution in [0.15, 0.2) is 180 Å². The fourth-order valence-electron chi connectivity index (χ4n) is 13.2. The van der Waals surface area contributed by atoms with Crippen molar-refractivity contribution >= 4 is 32.7 Å². The van der Waals surface area contributed by atoms with E-state index in [1.165, 1.54) is 76.1 Å². The standard InChI is InChI=1S/C59H43N3O/c1-2-12-38(13-3-1)56-60-57(42-22-21-37-11-4-5-14-39(37)32-42)62-58(61-56)48-16-7-6-15-45(48)40-24-26-51-50(33-40)47-25-23-41(46-18-10-20-54-55(46)49-17-8-9-19-53(49)63-54)34-52(47)59(51)43-28-35-27-36(30-43)31-44(59)29-35/h1-26,32-36,43-44H,27-31H2. The molecular formula is C59H43N3O. The highest BCUT2D eigenvalue weighted by molar-refractivity contribution is 6.12. The van der Waals surface area contributed by atoms with Gasteiger partial charge in [0.1, 0.15) is 11.2 Å². The molecule has 0 N–H and O–H groups in total. The first-order chi connectivity index (χ1) is 31.2. The van der Waals surface area contributed by atoms with E-state index in [1.54, 1.807) is 11.1 Å². The second-order valence-corrected chi connectivity index (χ2v) is 18.8. The van der Waals surface area contributed by atoms with Crippen molar-refractivity contribution in [3.63, 3.8) is 0 Å². The van der Waals surface area contributed by atoms with Crippen molar-refractivity contribution in [1.82, 2.24) is 15.0 Å². The van der Waals surface area contributed by atoms with Crippen LogP contribution in [0.3, 0.4) is 0 Å². The topological polar surface area (TPSA) is 51.8 Å². The molecule has 5 aliphatic carbocycles. The summed E-state index contributed by atoms with van der Waals surface area (Å²) >= 11 is 0. The molecule has 5 aliphatic rings. The molecule has 4 bridgehead atoms. The molecule has 0 saturated heterocycles. The Morgan fingerprint density at radius 3 is 1.86 bits per heavy atom. The minimum absolute atomic E-state index is 0.0199. The van der Waals surface area contributed by atoms with Crippen molar-refractivity contribution in [3.8, 4) is 67.5 Å². The monoisotopic (exact) mass is 809 g/mol. The molecule has 15 rings (SSSR count). The van der Waals surface area contributed by atoms with Crippen LogP contribution in [-0.4, -0.2) is 15.0 Å². The number of fused-ring (bicyclic) bond motifs is 7. The Morgan fingerprint density at radius 2 is 1.02 bits per heavy atom. The molecule has 10 aromatic rings. The van der Waals surface area contributed by atoms with Crippen LogP contribution in [0.2, 0.25) is 0 Å². The summed E-state index contributed by atoms with van der Waals surface area (Å²) in [5.41, 5.74) is 15.6. The number of para-hydroxylation sites is 1. The van der Waals surface area contributed by atoms with Crippen molar-refractivity contribution in [1.29, 1.82) is 0 Å². The van der Waals surface area contributed by atoms with E-state index < -0.39 is 0 Å². The number of aromatic nitrogens is 3. The summed E-state index contributed by atoms with van der Waals surface area (Å²) in [6.07, 6.45) is 6.78. The molecule has 0 aliphatic heterocycles. The average Bonchev–Trinajstić information content (AvgIpc) is 3.86. The highest BCUT2D eigenvalue weighted by Gasteiger charge is 2.61. The van der Waals surface area contributed by atoms with Gasteiger partial charge in [-0.1, -0.05) is 146 Å². The Balaban J connectivity index is 0.945. The molecule has 4 heteroatoms. The smallest absolute Gasteiger partial charge is 0.164 e. The summed E-state index contributed by atoms with van der Waals surface area (Å²) in [4.78, 5) is 15.6. The molecule has 4 fully saturated rings. The van der Waals surface area contributed by atoms with Gasteiger partial charge in [-0.25, -0.2) is 15.0 Å². The molecule has 4 nitrogen and oxygen atoms in total. The van der Waals surface area contributed by atoms with Crippen LogP contribution < -0.4 is 0 Å². The maximum absolute atomic E-state index is 6.40. The van der Waals surface area contributed by atoms with Crippen molar-refractivity contribution in [2.75, 3.05) is 0 Å². The second kappa shape index (κ2) is 13.4. The molecule has 2 aromatic heterocycles. The van der Waals surface area contributed by atoms with Crippen LogP contribution in [0.5, 0.6) is 0 Å². The molecule has 0 radical (unpaired) electrons. The molecule has 0 unspecified atom stereocenters. The van der Waals surface area contributed by atoms with E-state index >= 15 is 0 Å². The largest absolute Gasteiger partial charge is 0.456 e. The molecular weight excluding hydrogens is 767 g/mol. The highest BCUT2D eigenvalue weighted by Crippen LogP contribution is 2.70. The molecule has 63 heavy (non-hydrogen) atoms. The molecule has 8 aromatic carbocycles. The SMILES string of the molecule is c1ccc(-c2nc(-c3ccc4ccccc4c3)nc(-c3ccccc3-c3ccc4c(c3)-c3ccc(-c5cccc6oc7ccccc7c56)cc3C43C4CC5CC(C4)CC3C5)n2)cc1. The lowest BCUT2D eigenvalue weighted by Crippen LogP contribution is -2.55. The van der Waals surface area contributed by atoms with Gasteiger partial charge in [0, 0.05) is 32.9 Å². The fraction of sp³-hybridized carbons (Fsp3) is 0.169. The quantitative estimate of drug-likeness (QED) is 0.174. The van der Waals surface area contributed by atoms with Crippen molar-refractivity contribution < 1.29 is 4.42 Å². The number of benzene rings is 8. The summed E-state index contributed by atoms with van der Waals surface area (Å²) in [5, 5.41) is 4.74. The Morgan fingerprint density at radius 1 is 0.381 bits per heavy atom. The van der Waals surface area contributed by atoms with Gasteiger partial charge in [0.25, 0.3) is 0 Å². The number of hydrogen-bond acceptors (Lipinski definition) is 4. The molecule has 4 saturated carbocycles. The molecule has 0 atom stereocenters. The maximum Gasteiger partial charge on any atom is 0.164 e. The predicted octanol–water partition coefficient (Wildman–Crippen LogP) is 15.0. The zero-order valence-corrected chi connectivity index (χ0v) is 34.8. The average molecular weight is 810 g/mol. The van der Waals surface area contributed by atoms with E-state index in [9.17, 15) is 0 Å². The highest BCUT2D eigenvalue weighted by atomic mass is 16.3. The van der Waals surface area contributed by atoms with E-state index in [2.05, 4.69) is 158 Å². The van der Waals surface area contributed by atoms with E-state index in [0.717, 1.165) is 50.6 Å². The van der Waals surface area contributed by atoms with Gasteiger partial charge < -0.3 is 4.42 Å². The maximum atomic E-state index is 6.40. The van der Waals surface area contributed by atoms with Crippen LogP contribution in [0.25, 0.3) is 100 Å². The predicted molar refractivity (Wildman–Crippen MR) is 255 cm³/mol. The van der Waals surface area contributed by atoms with Gasteiger partial charge in [0.15, 0.2) is 17.5 Å². The summed E-state index contributed by atoms with van der Waals surface area (Å²) in [7, 11) is 0. The first-order valence-corrected chi connectivity index (χ1v) is 22.8. The van der Waals surface area contributed by atoms with Crippen LogP contribution in [0.4, 0.5) is 0 Å². The van der Waals surface area contributed by atoms with Crippen LogP contribution in [0, 0.1) is 23.7 Å². The third kappa shape index (κ3) is 5.24.